The molecule has 1 N–H and O–H groups in total. The van der Waals surface area contributed by atoms with Crippen molar-refractivity contribution in [3.8, 4) is 0 Å². The molecule has 8 nitrogen and oxygen atoms in total. The molecule has 2 aromatic rings. The van der Waals surface area contributed by atoms with Gasteiger partial charge in [0.15, 0.2) is 11.3 Å². The van der Waals surface area contributed by atoms with E-state index in [1.165, 1.54) is 0 Å². The van der Waals surface area contributed by atoms with Crippen molar-refractivity contribution in [3.05, 3.63) is 30.2 Å². The number of ether oxygens (including phenoxy) is 1. The first-order chi connectivity index (χ1) is 12.7. The van der Waals surface area contributed by atoms with E-state index in [1.807, 2.05) is 4.90 Å². The third-order valence-electron chi connectivity index (χ3n) is 5.15. The summed E-state index contributed by atoms with van der Waals surface area (Å²) in [5, 5.41) is 7.19. The van der Waals surface area contributed by atoms with E-state index in [9.17, 15) is 9.59 Å². The minimum absolute atomic E-state index is 0.127. The number of hydrogen-bond donors (Lipinski definition) is 1. The van der Waals surface area contributed by atoms with Gasteiger partial charge in [0.05, 0.1) is 0 Å². The molecule has 138 valence electrons. The summed E-state index contributed by atoms with van der Waals surface area (Å²) in [4.78, 5) is 30.7. The molecule has 2 amide bonds. The second kappa shape index (κ2) is 7.41. The van der Waals surface area contributed by atoms with E-state index in [0.29, 0.717) is 30.4 Å². The van der Waals surface area contributed by atoms with Crippen LogP contribution >= 0.6 is 0 Å². The van der Waals surface area contributed by atoms with Gasteiger partial charge in [-0.25, -0.2) is 9.50 Å². The van der Waals surface area contributed by atoms with Crippen LogP contribution in [0.25, 0.3) is 5.65 Å². The van der Waals surface area contributed by atoms with Crippen molar-refractivity contribution in [1.29, 1.82) is 0 Å². The van der Waals surface area contributed by atoms with Gasteiger partial charge in [-0.1, -0.05) is 0 Å². The molecule has 2 saturated heterocycles. The Hall–Kier alpha value is -2.48. The highest BCUT2D eigenvalue weighted by Gasteiger charge is 2.30. The predicted molar refractivity (Wildman–Crippen MR) is 93.6 cm³/mol. The summed E-state index contributed by atoms with van der Waals surface area (Å²) in [6, 6.07) is 3.45. The van der Waals surface area contributed by atoms with Crippen LogP contribution in [0.15, 0.2) is 24.5 Å². The van der Waals surface area contributed by atoms with Crippen LogP contribution in [0.5, 0.6) is 0 Å². The maximum absolute atomic E-state index is 12.4. The molecule has 1 unspecified atom stereocenters. The smallest absolute Gasteiger partial charge is 0.271 e. The van der Waals surface area contributed by atoms with Crippen LogP contribution in [0.1, 0.15) is 36.2 Å². The zero-order valence-corrected chi connectivity index (χ0v) is 14.6. The molecular weight excluding hydrogens is 334 g/mol. The van der Waals surface area contributed by atoms with Crippen molar-refractivity contribution in [3.63, 3.8) is 0 Å². The van der Waals surface area contributed by atoms with Crippen LogP contribution < -0.4 is 5.32 Å². The zero-order valence-electron chi connectivity index (χ0n) is 14.6. The molecule has 8 heteroatoms. The molecule has 4 heterocycles. The maximum atomic E-state index is 12.4. The number of carbonyl (C=O) groups is 2. The van der Waals surface area contributed by atoms with Crippen molar-refractivity contribution in [1.82, 2.24) is 24.8 Å². The lowest BCUT2D eigenvalue weighted by atomic mass is 9.96. The lowest BCUT2D eigenvalue weighted by molar-refractivity contribution is -0.142. The first-order valence-corrected chi connectivity index (χ1v) is 9.20. The summed E-state index contributed by atoms with van der Waals surface area (Å²) in [6.45, 7) is 2.76. The highest BCUT2D eigenvalue weighted by molar-refractivity contribution is 5.93. The predicted octanol–water partition coefficient (Wildman–Crippen LogP) is 0.877. The van der Waals surface area contributed by atoms with Crippen LogP contribution in [-0.4, -0.2) is 63.7 Å². The van der Waals surface area contributed by atoms with Gasteiger partial charge in [0.2, 0.25) is 0 Å². The monoisotopic (exact) mass is 357 g/mol. The maximum Gasteiger partial charge on any atom is 0.271 e. The Morgan fingerprint density at radius 1 is 1.27 bits per heavy atom. The molecule has 2 aromatic heterocycles. The first kappa shape index (κ1) is 17.0. The normalized spacial score (nSPS) is 21.2. The molecule has 26 heavy (non-hydrogen) atoms. The van der Waals surface area contributed by atoms with Crippen molar-refractivity contribution < 1.29 is 14.3 Å². The molecule has 2 aliphatic rings. The van der Waals surface area contributed by atoms with Gasteiger partial charge in [-0.05, 0) is 37.7 Å². The molecule has 0 aliphatic carbocycles. The average molecular weight is 357 g/mol. The minimum Gasteiger partial charge on any atom is -0.368 e. The van der Waals surface area contributed by atoms with E-state index in [4.69, 9.17) is 4.74 Å². The van der Waals surface area contributed by atoms with Gasteiger partial charge in [-0.3, -0.25) is 9.59 Å². The lowest BCUT2D eigenvalue weighted by Crippen LogP contribution is -2.45. The van der Waals surface area contributed by atoms with E-state index < -0.39 is 0 Å². The molecule has 2 aliphatic heterocycles. The zero-order chi connectivity index (χ0) is 17.9. The number of amides is 2. The van der Waals surface area contributed by atoms with Crippen molar-refractivity contribution in [2.45, 2.75) is 31.8 Å². The number of likely N-dealkylation sites (tertiary alicyclic amines) is 1. The number of nitrogens with zero attached hydrogens (tertiary/aromatic N) is 4. The second-order valence-corrected chi connectivity index (χ2v) is 6.93. The third kappa shape index (κ3) is 3.55. The number of rotatable bonds is 4. The van der Waals surface area contributed by atoms with Gasteiger partial charge < -0.3 is 15.0 Å². The molecule has 1 atom stereocenters. The number of aromatic nitrogens is 3. The average Bonchev–Trinajstić information content (AvgIpc) is 3.35. The SMILES string of the molecule is O=C(NCC1CCN(C(=O)C2CCCO2)CC1)c1cc2ncccn2n1. The van der Waals surface area contributed by atoms with Gasteiger partial charge in [0, 0.05) is 44.7 Å². The summed E-state index contributed by atoms with van der Waals surface area (Å²) in [5.41, 5.74) is 1.02. The number of hydrogen-bond acceptors (Lipinski definition) is 5. The Kier molecular flexibility index (Phi) is 4.83. The molecule has 0 aromatic carbocycles. The standard InChI is InChI=1S/C18H23N5O3/c24-17(14-11-16-19-6-2-7-23(16)21-14)20-12-13-4-8-22(9-5-13)18(25)15-3-1-10-26-15/h2,6-7,11,13,15H,1,3-5,8-10,12H2,(H,20,24). The first-order valence-electron chi connectivity index (χ1n) is 9.20. The van der Waals surface area contributed by atoms with Crippen LogP contribution in [-0.2, 0) is 9.53 Å². The number of nitrogens with one attached hydrogen (secondary N) is 1. The highest BCUT2D eigenvalue weighted by atomic mass is 16.5. The van der Waals surface area contributed by atoms with Gasteiger partial charge in [-0.2, -0.15) is 5.10 Å². The highest BCUT2D eigenvalue weighted by Crippen LogP contribution is 2.21. The fourth-order valence-corrected chi connectivity index (χ4v) is 3.60. The van der Waals surface area contributed by atoms with Crippen LogP contribution in [0, 0.1) is 5.92 Å². The van der Waals surface area contributed by atoms with Crippen molar-refractivity contribution in [2.75, 3.05) is 26.2 Å². The summed E-state index contributed by atoms with van der Waals surface area (Å²) < 4.78 is 7.07. The molecule has 2 fully saturated rings. The van der Waals surface area contributed by atoms with Gasteiger partial charge in [-0.15, -0.1) is 0 Å². The molecule has 0 spiro atoms. The van der Waals surface area contributed by atoms with E-state index in [0.717, 1.165) is 38.8 Å². The largest absolute Gasteiger partial charge is 0.368 e. The fourth-order valence-electron chi connectivity index (χ4n) is 3.60. The van der Waals surface area contributed by atoms with Gasteiger partial charge in [0.1, 0.15) is 6.10 Å². The van der Waals surface area contributed by atoms with E-state index >= 15 is 0 Å². The van der Waals surface area contributed by atoms with Crippen LogP contribution in [0.2, 0.25) is 0 Å². The summed E-state index contributed by atoms with van der Waals surface area (Å²) in [5.74, 6) is 0.318. The van der Waals surface area contributed by atoms with Crippen molar-refractivity contribution >= 4 is 17.5 Å². The Labute approximate surface area is 151 Å². The molecule has 0 bridgehead atoms. The second-order valence-electron chi connectivity index (χ2n) is 6.93. The topological polar surface area (TPSA) is 88.8 Å². The van der Waals surface area contributed by atoms with E-state index in [-0.39, 0.29) is 17.9 Å². The number of piperidine rings is 1. The van der Waals surface area contributed by atoms with E-state index in [2.05, 4.69) is 15.4 Å². The fraction of sp³-hybridized carbons (Fsp3) is 0.556. The summed E-state index contributed by atoms with van der Waals surface area (Å²) >= 11 is 0. The van der Waals surface area contributed by atoms with Crippen LogP contribution in [0.4, 0.5) is 0 Å². The summed E-state index contributed by atoms with van der Waals surface area (Å²) in [7, 11) is 0. The number of carbonyl (C=O) groups excluding carboxylic acids is 2. The van der Waals surface area contributed by atoms with Crippen molar-refractivity contribution in [2.24, 2.45) is 5.92 Å². The lowest BCUT2D eigenvalue weighted by Gasteiger charge is -2.33. The Balaban J connectivity index is 1.25. The quantitative estimate of drug-likeness (QED) is 0.877. The molecular formula is C18H23N5O3. The number of fused-ring (bicyclic) bond motifs is 1. The van der Waals surface area contributed by atoms with Crippen LogP contribution in [0.3, 0.4) is 0 Å². The molecule has 0 radical (unpaired) electrons. The molecule has 4 rings (SSSR count). The Bertz CT molecular complexity index is 758. The Morgan fingerprint density at radius 3 is 2.85 bits per heavy atom. The Morgan fingerprint density at radius 2 is 2.12 bits per heavy atom. The van der Waals surface area contributed by atoms with Gasteiger partial charge >= 0.3 is 0 Å². The minimum atomic E-state index is -0.241. The summed E-state index contributed by atoms with van der Waals surface area (Å²) in [6.07, 6.45) is 6.79. The molecule has 0 saturated carbocycles. The van der Waals surface area contributed by atoms with E-state index in [1.54, 1.807) is 29.0 Å². The third-order valence-corrected chi connectivity index (χ3v) is 5.15. The van der Waals surface area contributed by atoms with Gasteiger partial charge in [0.25, 0.3) is 11.8 Å².